The first-order valence-electron chi connectivity index (χ1n) is 6.49. The van der Waals surface area contributed by atoms with Crippen LogP contribution in [-0.2, 0) is 0 Å². The molecular weight excluding hydrogens is 200 g/mol. The van der Waals surface area contributed by atoms with Gasteiger partial charge < -0.3 is 15.3 Å². The first-order chi connectivity index (χ1) is 7.44. The number of likely N-dealkylation sites (N-methyl/N-ethyl adjacent to an activating group) is 1. The molecule has 16 heavy (non-hydrogen) atoms. The zero-order valence-corrected chi connectivity index (χ0v) is 11.3. The van der Waals surface area contributed by atoms with Gasteiger partial charge in [-0.25, -0.2) is 0 Å². The largest absolute Gasteiger partial charge is 0.396 e. The summed E-state index contributed by atoms with van der Waals surface area (Å²) in [6.07, 6.45) is 3.51. The molecule has 1 aliphatic heterocycles. The van der Waals surface area contributed by atoms with Crippen LogP contribution < -0.4 is 5.32 Å². The number of rotatable bonds is 6. The van der Waals surface area contributed by atoms with Crippen molar-refractivity contribution in [3.63, 3.8) is 0 Å². The number of aliphatic hydroxyl groups excluding tert-OH is 1. The summed E-state index contributed by atoms with van der Waals surface area (Å²) < 4.78 is 0. The average molecular weight is 228 g/mol. The molecule has 3 nitrogen and oxygen atoms in total. The van der Waals surface area contributed by atoms with E-state index < -0.39 is 0 Å². The third kappa shape index (κ3) is 4.40. The molecule has 0 amide bonds. The van der Waals surface area contributed by atoms with E-state index in [-0.39, 0.29) is 12.0 Å². The van der Waals surface area contributed by atoms with Gasteiger partial charge in [-0.05, 0) is 45.2 Å². The highest BCUT2D eigenvalue weighted by molar-refractivity contribution is 4.84. The molecule has 1 heterocycles. The second-order valence-corrected chi connectivity index (χ2v) is 6.10. The lowest BCUT2D eigenvalue weighted by Crippen LogP contribution is -2.32. The number of nitrogens with one attached hydrogen (secondary N) is 1. The fourth-order valence-corrected chi connectivity index (χ4v) is 2.29. The van der Waals surface area contributed by atoms with Crippen molar-refractivity contribution in [1.29, 1.82) is 0 Å². The molecule has 0 radical (unpaired) electrons. The van der Waals surface area contributed by atoms with Crippen LogP contribution in [-0.4, -0.2) is 48.8 Å². The highest BCUT2D eigenvalue weighted by Gasteiger charge is 2.25. The molecule has 0 bridgehead atoms. The highest BCUT2D eigenvalue weighted by atomic mass is 16.3. The van der Waals surface area contributed by atoms with E-state index in [1.807, 2.05) is 0 Å². The Morgan fingerprint density at radius 2 is 2.12 bits per heavy atom. The molecule has 0 spiro atoms. The lowest BCUT2D eigenvalue weighted by Gasteiger charge is -2.22. The first-order valence-corrected chi connectivity index (χ1v) is 6.49. The van der Waals surface area contributed by atoms with Gasteiger partial charge in [-0.3, -0.25) is 0 Å². The van der Waals surface area contributed by atoms with Crippen molar-refractivity contribution in [1.82, 2.24) is 10.2 Å². The van der Waals surface area contributed by atoms with Gasteiger partial charge >= 0.3 is 0 Å². The van der Waals surface area contributed by atoms with Crippen LogP contribution in [0, 0.1) is 5.41 Å². The van der Waals surface area contributed by atoms with Crippen LogP contribution >= 0.6 is 0 Å². The normalized spacial score (nSPS) is 27.6. The molecule has 0 aromatic heterocycles. The second kappa shape index (κ2) is 5.99. The Labute approximate surface area is 100 Å². The summed E-state index contributed by atoms with van der Waals surface area (Å²) in [5.41, 5.74) is 0.0848. The highest BCUT2D eigenvalue weighted by Crippen LogP contribution is 2.21. The van der Waals surface area contributed by atoms with Crippen molar-refractivity contribution in [2.24, 2.45) is 5.41 Å². The van der Waals surface area contributed by atoms with Gasteiger partial charge in [0.05, 0.1) is 0 Å². The minimum atomic E-state index is 0.0848. The quantitative estimate of drug-likeness (QED) is 0.676. The molecule has 3 heteroatoms. The zero-order chi connectivity index (χ0) is 12.2. The van der Waals surface area contributed by atoms with Crippen LogP contribution in [0.25, 0.3) is 0 Å². The molecular formula is C13H28N2O. The van der Waals surface area contributed by atoms with Gasteiger partial charge in [-0.2, -0.15) is 0 Å². The van der Waals surface area contributed by atoms with Crippen LogP contribution in [0.1, 0.15) is 40.0 Å². The van der Waals surface area contributed by atoms with Crippen molar-refractivity contribution in [3.8, 4) is 0 Å². The lowest BCUT2D eigenvalue weighted by atomic mass is 9.89. The Bertz CT molecular complexity index is 196. The first kappa shape index (κ1) is 13.9. The fraction of sp³-hybridized carbons (Fsp3) is 1.00. The second-order valence-electron chi connectivity index (χ2n) is 6.10. The number of aliphatic hydroxyl groups is 1. The minimum Gasteiger partial charge on any atom is -0.396 e. The van der Waals surface area contributed by atoms with E-state index >= 15 is 0 Å². The van der Waals surface area contributed by atoms with Crippen molar-refractivity contribution in [2.45, 2.75) is 52.1 Å². The Kier molecular flexibility index (Phi) is 5.22. The molecule has 0 aliphatic carbocycles. The minimum absolute atomic E-state index is 0.0848. The molecule has 2 unspecified atom stereocenters. The molecule has 96 valence electrons. The summed E-state index contributed by atoms with van der Waals surface area (Å²) in [5.74, 6) is 0. The van der Waals surface area contributed by atoms with E-state index in [0.717, 1.165) is 19.4 Å². The van der Waals surface area contributed by atoms with Gasteiger partial charge in [0.2, 0.25) is 0 Å². The Hall–Kier alpha value is -0.120. The van der Waals surface area contributed by atoms with Crippen LogP contribution in [0.2, 0.25) is 0 Å². The van der Waals surface area contributed by atoms with Gasteiger partial charge in [0.25, 0.3) is 0 Å². The summed E-state index contributed by atoms with van der Waals surface area (Å²) in [6.45, 7) is 9.07. The predicted octanol–water partition coefficient (Wildman–Crippen LogP) is 1.47. The molecule has 1 saturated heterocycles. The van der Waals surface area contributed by atoms with Crippen molar-refractivity contribution in [2.75, 3.05) is 26.7 Å². The lowest BCUT2D eigenvalue weighted by molar-refractivity contribution is 0.147. The van der Waals surface area contributed by atoms with Gasteiger partial charge in [0, 0.05) is 25.2 Å². The third-order valence-corrected chi connectivity index (χ3v) is 3.78. The van der Waals surface area contributed by atoms with Crippen LogP contribution in [0.4, 0.5) is 0 Å². The third-order valence-electron chi connectivity index (χ3n) is 3.78. The number of nitrogens with zero attached hydrogens (tertiary/aromatic N) is 1. The molecule has 0 aromatic carbocycles. The van der Waals surface area contributed by atoms with Gasteiger partial charge in [0.1, 0.15) is 0 Å². The topological polar surface area (TPSA) is 35.5 Å². The summed E-state index contributed by atoms with van der Waals surface area (Å²) >= 11 is 0. The maximum Gasteiger partial charge on any atom is 0.0482 e. The molecule has 2 N–H and O–H groups in total. The molecule has 2 atom stereocenters. The van der Waals surface area contributed by atoms with Crippen molar-refractivity contribution < 1.29 is 5.11 Å². The van der Waals surface area contributed by atoms with E-state index in [1.165, 1.54) is 13.0 Å². The maximum absolute atomic E-state index is 9.15. The van der Waals surface area contributed by atoms with E-state index in [2.05, 4.69) is 38.0 Å². The zero-order valence-electron chi connectivity index (χ0n) is 11.3. The average Bonchev–Trinajstić information content (AvgIpc) is 2.54. The monoisotopic (exact) mass is 228 g/mol. The summed E-state index contributed by atoms with van der Waals surface area (Å²) in [6, 6.07) is 1.38. The number of hydrogen-bond acceptors (Lipinski definition) is 3. The smallest absolute Gasteiger partial charge is 0.0482 e. The van der Waals surface area contributed by atoms with Gasteiger partial charge in [0.15, 0.2) is 0 Å². The van der Waals surface area contributed by atoms with Gasteiger partial charge in [-0.1, -0.05) is 13.8 Å². The van der Waals surface area contributed by atoms with E-state index in [0.29, 0.717) is 12.1 Å². The van der Waals surface area contributed by atoms with Crippen molar-refractivity contribution >= 4 is 0 Å². The van der Waals surface area contributed by atoms with Gasteiger partial charge in [-0.15, -0.1) is 0 Å². The van der Waals surface area contributed by atoms with E-state index in [9.17, 15) is 0 Å². The predicted molar refractivity (Wildman–Crippen MR) is 68.6 cm³/mol. The Morgan fingerprint density at radius 3 is 2.62 bits per heavy atom. The van der Waals surface area contributed by atoms with E-state index in [4.69, 9.17) is 5.11 Å². The SMILES string of the molecule is CC1CC(NCCCC(C)(C)CO)CN1C. The Balaban J connectivity index is 2.08. The maximum atomic E-state index is 9.15. The molecule has 1 rings (SSSR count). The number of hydrogen-bond donors (Lipinski definition) is 2. The van der Waals surface area contributed by atoms with Crippen LogP contribution in [0.3, 0.4) is 0 Å². The Morgan fingerprint density at radius 1 is 1.44 bits per heavy atom. The van der Waals surface area contributed by atoms with Crippen molar-refractivity contribution in [3.05, 3.63) is 0 Å². The molecule has 0 saturated carbocycles. The van der Waals surface area contributed by atoms with E-state index in [1.54, 1.807) is 0 Å². The number of likely N-dealkylation sites (tertiary alicyclic amines) is 1. The standard InChI is InChI=1S/C13H28N2O/c1-11-8-12(9-15(11)4)14-7-5-6-13(2,3)10-16/h11-12,14,16H,5-10H2,1-4H3. The summed E-state index contributed by atoms with van der Waals surface area (Å²) in [4.78, 5) is 2.41. The summed E-state index contributed by atoms with van der Waals surface area (Å²) in [5, 5.41) is 12.8. The molecule has 0 aromatic rings. The molecule has 1 fully saturated rings. The fourth-order valence-electron chi connectivity index (χ4n) is 2.29. The van der Waals surface area contributed by atoms with Crippen LogP contribution in [0.5, 0.6) is 0 Å². The molecule has 1 aliphatic rings. The van der Waals surface area contributed by atoms with Crippen LogP contribution in [0.15, 0.2) is 0 Å². The summed E-state index contributed by atoms with van der Waals surface area (Å²) in [7, 11) is 2.20.